The molecule has 30 heavy (non-hydrogen) atoms. The number of ether oxygens (including phenoxy) is 2. The predicted octanol–water partition coefficient (Wildman–Crippen LogP) is 3.05. The van der Waals surface area contributed by atoms with Crippen LogP contribution in [-0.2, 0) is 23.2 Å². The summed E-state index contributed by atoms with van der Waals surface area (Å²) < 4.78 is 14.2. The Kier molecular flexibility index (Phi) is 5.17. The minimum absolute atomic E-state index is 0.116. The molecule has 2 aromatic carbocycles. The lowest BCUT2D eigenvalue weighted by Crippen LogP contribution is -2.26. The van der Waals surface area contributed by atoms with Gasteiger partial charge in [-0.05, 0) is 49.7 Å². The molecule has 0 spiro atoms. The van der Waals surface area contributed by atoms with E-state index in [0.29, 0.717) is 33.3 Å². The van der Waals surface area contributed by atoms with E-state index in [1.807, 2.05) is 13.0 Å². The van der Waals surface area contributed by atoms with Gasteiger partial charge in [-0.15, -0.1) is 10.2 Å². The average molecular weight is 427 g/mol. The fourth-order valence-electron chi connectivity index (χ4n) is 3.22. The van der Waals surface area contributed by atoms with Crippen LogP contribution in [-0.4, -0.2) is 31.2 Å². The Bertz CT molecular complexity index is 1330. The maximum absolute atomic E-state index is 12.5. The Hall–Kier alpha value is -3.39. The van der Waals surface area contributed by atoms with Gasteiger partial charge in [0.25, 0.3) is 5.56 Å². The normalized spacial score (nSPS) is 12.3. The number of hydrogen-bond donors (Lipinski definition) is 0. The lowest BCUT2D eigenvalue weighted by Gasteiger charge is -2.15. The first-order valence-electron chi connectivity index (χ1n) is 9.28. The summed E-state index contributed by atoms with van der Waals surface area (Å²) in [6, 6.07) is 12.3. The number of benzene rings is 2. The van der Waals surface area contributed by atoms with E-state index in [9.17, 15) is 9.59 Å². The molecular formula is C21H19ClN4O4. The van der Waals surface area contributed by atoms with Gasteiger partial charge in [0.15, 0.2) is 18.5 Å². The van der Waals surface area contributed by atoms with E-state index >= 15 is 0 Å². The highest BCUT2D eigenvalue weighted by Gasteiger charge is 2.20. The number of rotatable bonds is 5. The monoisotopic (exact) mass is 426 g/mol. The Balaban J connectivity index is 1.56. The summed E-state index contributed by atoms with van der Waals surface area (Å²) in [4.78, 5) is 25.0. The molecule has 0 saturated carbocycles. The second-order valence-electron chi connectivity index (χ2n) is 6.91. The highest BCUT2D eigenvalue weighted by atomic mass is 35.5. The zero-order valence-corrected chi connectivity index (χ0v) is 17.4. The number of fused-ring (bicyclic) bond motifs is 3. The molecule has 0 fully saturated rings. The van der Waals surface area contributed by atoms with Crippen molar-refractivity contribution in [2.45, 2.75) is 26.6 Å². The van der Waals surface area contributed by atoms with Gasteiger partial charge >= 0.3 is 5.97 Å². The number of carbonyl (C=O) groups excluding carboxylic acids is 1. The maximum atomic E-state index is 12.5. The smallest absolute Gasteiger partial charge is 0.347 e. The molecule has 0 aliphatic carbocycles. The third kappa shape index (κ3) is 3.50. The van der Waals surface area contributed by atoms with E-state index in [1.165, 1.54) is 4.57 Å². The van der Waals surface area contributed by atoms with Crippen molar-refractivity contribution in [3.8, 4) is 5.75 Å². The van der Waals surface area contributed by atoms with Crippen LogP contribution in [0.5, 0.6) is 5.75 Å². The Morgan fingerprint density at radius 2 is 1.97 bits per heavy atom. The summed E-state index contributed by atoms with van der Waals surface area (Å²) in [7, 11) is 1.62. The standard InChI is InChI=1S/C21H19ClN4O4/c1-12-10-14(22)8-9-17(12)30-13(2)20(28)29-11-18-23-24-21-25(3)19(27)15-6-4-5-7-16(15)26(18)21/h4-10,13H,11H2,1-3H3. The zero-order chi connectivity index (χ0) is 21.4. The van der Waals surface area contributed by atoms with Crippen molar-refractivity contribution in [2.75, 3.05) is 0 Å². The second kappa shape index (κ2) is 7.79. The van der Waals surface area contributed by atoms with Crippen LogP contribution in [0.1, 0.15) is 18.3 Å². The molecule has 4 aromatic rings. The lowest BCUT2D eigenvalue weighted by molar-refractivity contribution is -0.152. The largest absolute Gasteiger partial charge is 0.479 e. The van der Waals surface area contributed by atoms with Crippen LogP contribution in [0.3, 0.4) is 0 Å². The van der Waals surface area contributed by atoms with E-state index in [0.717, 1.165) is 5.56 Å². The molecule has 8 nitrogen and oxygen atoms in total. The number of carbonyl (C=O) groups is 1. The average Bonchev–Trinajstić information content (AvgIpc) is 3.16. The molecule has 0 saturated heterocycles. The van der Waals surface area contributed by atoms with Gasteiger partial charge in [-0.3, -0.25) is 13.8 Å². The molecule has 1 atom stereocenters. The number of aryl methyl sites for hydroxylation is 2. The van der Waals surface area contributed by atoms with Gasteiger partial charge in [-0.1, -0.05) is 23.7 Å². The van der Waals surface area contributed by atoms with Crippen molar-refractivity contribution in [2.24, 2.45) is 7.05 Å². The maximum Gasteiger partial charge on any atom is 0.347 e. The molecule has 0 bridgehead atoms. The first kappa shape index (κ1) is 19.9. The van der Waals surface area contributed by atoms with Crippen LogP contribution >= 0.6 is 11.6 Å². The summed E-state index contributed by atoms with van der Waals surface area (Å²) in [5, 5.41) is 9.30. The molecule has 4 rings (SSSR count). The number of hydrogen-bond acceptors (Lipinski definition) is 6. The van der Waals surface area contributed by atoms with Crippen LogP contribution in [0.4, 0.5) is 0 Å². The Morgan fingerprint density at radius 1 is 1.20 bits per heavy atom. The molecule has 0 aliphatic heterocycles. The van der Waals surface area contributed by atoms with E-state index < -0.39 is 12.1 Å². The Labute approximate surface area is 176 Å². The van der Waals surface area contributed by atoms with Crippen LogP contribution in [0.25, 0.3) is 16.7 Å². The second-order valence-corrected chi connectivity index (χ2v) is 7.35. The fraction of sp³-hybridized carbons (Fsp3) is 0.238. The number of nitrogens with zero attached hydrogens (tertiary/aromatic N) is 4. The summed E-state index contributed by atoms with van der Waals surface area (Å²) >= 11 is 5.95. The minimum Gasteiger partial charge on any atom is -0.479 e. The first-order chi connectivity index (χ1) is 14.4. The molecule has 2 aromatic heterocycles. The van der Waals surface area contributed by atoms with Gasteiger partial charge in [-0.25, -0.2) is 4.79 Å². The molecule has 154 valence electrons. The lowest BCUT2D eigenvalue weighted by atomic mass is 10.2. The number of halogens is 1. The number of para-hydroxylation sites is 1. The van der Waals surface area contributed by atoms with Crippen molar-refractivity contribution in [1.82, 2.24) is 19.2 Å². The van der Waals surface area contributed by atoms with Gasteiger partial charge in [0.1, 0.15) is 5.75 Å². The highest BCUT2D eigenvalue weighted by molar-refractivity contribution is 6.30. The quantitative estimate of drug-likeness (QED) is 0.456. The summed E-state index contributed by atoms with van der Waals surface area (Å²) in [5.74, 6) is 0.777. The van der Waals surface area contributed by atoms with Crippen molar-refractivity contribution < 1.29 is 14.3 Å². The van der Waals surface area contributed by atoms with Crippen LogP contribution in [0.2, 0.25) is 5.02 Å². The van der Waals surface area contributed by atoms with Gasteiger partial charge in [0, 0.05) is 12.1 Å². The van der Waals surface area contributed by atoms with Crippen molar-refractivity contribution >= 4 is 34.3 Å². The molecule has 1 unspecified atom stereocenters. The predicted molar refractivity (Wildman–Crippen MR) is 112 cm³/mol. The van der Waals surface area contributed by atoms with E-state index in [-0.39, 0.29) is 12.2 Å². The van der Waals surface area contributed by atoms with E-state index in [2.05, 4.69) is 10.2 Å². The van der Waals surface area contributed by atoms with Crippen LogP contribution in [0.15, 0.2) is 47.3 Å². The van der Waals surface area contributed by atoms with Crippen molar-refractivity contribution in [3.05, 3.63) is 69.2 Å². The van der Waals surface area contributed by atoms with Gasteiger partial charge in [-0.2, -0.15) is 0 Å². The van der Waals surface area contributed by atoms with Crippen LogP contribution in [0, 0.1) is 6.92 Å². The van der Waals surface area contributed by atoms with Crippen LogP contribution < -0.4 is 10.3 Å². The van der Waals surface area contributed by atoms with Crippen molar-refractivity contribution in [1.29, 1.82) is 0 Å². The highest BCUT2D eigenvalue weighted by Crippen LogP contribution is 2.23. The molecule has 0 aliphatic rings. The molecular weight excluding hydrogens is 408 g/mol. The molecule has 0 N–H and O–H groups in total. The molecule has 0 amide bonds. The van der Waals surface area contributed by atoms with Gasteiger partial charge < -0.3 is 9.47 Å². The third-order valence-electron chi connectivity index (χ3n) is 4.81. The minimum atomic E-state index is -0.829. The molecule has 9 heteroatoms. The van der Waals surface area contributed by atoms with E-state index in [1.54, 1.807) is 54.8 Å². The fourth-order valence-corrected chi connectivity index (χ4v) is 3.45. The first-order valence-corrected chi connectivity index (χ1v) is 9.66. The Morgan fingerprint density at radius 3 is 2.73 bits per heavy atom. The van der Waals surface area contributed by atoms with Gasteiger partial charge in [0.05, 0.1) is 10.9 Å². The summed E-state index contributed by atoms with van der Waals surface area (Å²) in [6.07, 6.45) is -0.829. The number of aromatic nitrogens is 4. The van der Waals surface area contributed by atoms with Gasteiger partial charge in [0.2, 0.25) is 5.78 Å². The van der Waals surface area contributed by atoms with Crippen molar-refractivity contribution in [3.63, 3.8) is 0 Å². The SMILES string of the molecule is Cc1cc(Cl)ccc1OC(C)C(=O)OCc1nnc2n(C)c(=O)c3ccccc3n12. The number of esters is 1. The third-order valence-corrected chi connectivity index (χ3v) is 5.04. The molecule has 2 heterocycles. The topological polar surface area (TPSA) is 87.7 Å². The molecule has 0 radical (unpaired) electrons. The summed E-state index contributed by atoms with van der Waals surface area (Å²) in [5.41, 5.74) is 1.29. The summed E-state index contributed by atoms with van der Waals surface area (Å²) in [6.45, 7) is 3.34. The van der Waals surface area contributed by atoms with E-state index in [4.69, 9.17) is 21.1 Å². The zero-order valence-electron chi connectivity index (χ0n) is 16.6.